The molecule has 0 saturated carbocycles. The molecule has 25 heavy (non-hydrogen) atoms. The molecule has 3 rings (SSSR count). The van der Waals surface area contributed by atoms with E-state index in [1.54, 1.807) is 26.0 Å². The Balaban J connectivity index is 2.47. The summed E-state index contributed by atoms with van der Waals surface area (Å²) in [7, 11) is 1.50. The van der Waals surface area contributed by atoms with Crippen molar-refractivity contribution in [1.29, 1.82) is 0 Å². The van der Waals surface area contributed by atoms with Gasteiger partial charge in [0.2, 0.25) is 0 Å². The first-order chi connectivity index (χ1) is 11.7. The van der Waals surface area contributed by atoms with Crippen LogP contribution in [0.4, 0.5) is 19.0 Å². The number of nitrogens with two attached hydrogens (primary N) is 1. The molecular formula is C17H15F3N4O. The third-order valence-corrected chi connectivity index (χ3v) is 4.02. The Labute approximate surface area is 141 Å². The van der Waals surface area contributed by atoms with Crippen LogP contribution in [0.5, 0.6) is 5.75 Å². The second-order valence-electron chi connectivity index (χ2n) is 5.59. The highest BCUT2D eigenvalue weighted by molar-refractivity contribution is 5.98. The van der Waals surface area contributed by atoms with Crippen molar-refractivity contribution in [3.63, 3.8) is 0 Å². The van der Waals surface area contributed by atoms with E-state index in [4.69, 9.17) is 10.5 Å². The Morgan fingerprint density at radius 2 is 1.84 bits per heavy atom. The molecule has 0 aliphatic rings. The average Bonchev–Trinajstić information content (AvgIpc) is 2.54. The lowest BCUT2D eigenvalue weighted by Crippen LogP contribution is -2.10. The molecule has 5 nitrogen and oxygen atoms in total. The highest BCUT2D eigenvalue weighted by atomic mass is 19.4. The van der Waals surface area contributed by atoms with Gasteiger partial charge < -0.3 is 10.5 Å². The number of nitrogens with zero attached hydrogens (tertiary/aromatic N) is 3. The van der Waals surface area contributed by atoms with Crippen molar-refractivity contribution in [2.45, 2.75) is 20.0 Å². The second kappa shape index (κ2) is 5.87. The zero-order chi connectivity index (χ0) is 18.4. The summed E-state index contributed by atoms with van der Waals surface area (Å²) in [6.07, 6.45) is -3.41. The highest BCUT2D eigenvalue weighted by Crippen LogP contribution is 2.39. The van der Waals surface area contributed by atoms with Gasteiger partial charge >= 0.3 is 6.18 Å². The van der Waals surface area contributed by atoms with Crippen molar-refractivity contribution in [1.82, 2.24) is 15.0 Å². The van der Waals surface area contributed by atoms with Crippen molar-refractivity contribution < 1.29 is 17.9 Å². The quantitative estimate of drug-likeness (QED) is 0.760. The molecule has 0 amide bonds. The third kappa shape index (κ3) is 2.84. The standard InChI is InChI=1S/C17H15F3N4O/c1-8-4-5-11(25-3)9(2)13(8)15-14-10(16(21)23-7-22-14)6-12(24-15)17(18,19)20/h4-7H,1-3H3,(H2,21,22,23). The number of halogens is 3. The van der Waals surface area contributed by atoms with Crippen molar-refractivity contribution in [2.75, 3.05) is 12.8 Å². The molecule has 2 N–H and O–H groups in total. The number of rotatable bonds is 2. The Hall–Kier alpha value is -2.90. The molecule has 0 atom stereocenters. The Bertz CT molecular complexity index is 970. The van der Waals surface area contributed by atoms with Crippen LogP contribution in [0.2, 0.25) is 0 Å². The molecule has 3 aromatic rings. The number of aryl methyl sites for hydroxylation is 1. The Kier molecular flexibility index (Phi) is 3.98. The SMILES string of the molecule is COc1ccc(C)c(-c2nc(C(F)(F)F)cc3c(N)ncnc23)c1C. The van der Waals surface area contributed by atoms with Gasteiger partial charge in [-0.2, -0.15) is 13.2 Å². The summed E-state index contributed by atoms with van der Waals surface area (Å²) in [5.41, 5.74) is 7.06. The van der Waals surface area contributed by atoms with Gasteiger partial charge in [0.15, 0.2) is 0 Å². The molecule has 0 fully saturated rings. The lowest BCUT2D eigenvalue weighted by molar-refractivity contribution is -0.141. The van der Waals surface area contributed by atoms with E-state index in [0.29, 0.717) is 16.9 Å². The molecule has 2 aromatic heterocycles. The van der Waals surface area contributed by atoms with Gasteiger partial charge in [-0.25, -0.2) is 15.0 Å². The fourth-order valence-electron chi connectivity index (χ4n) is 2.82. The number of hydrogen-bond acceptors (Lipinski definition) is 5. The van der Waals surface area contributed by atoms with Gasteiger partial charge in [0, 0.05) is 16.5 Å². The van der Waals surface area contributed by atoms with E-state index in [2.05, 4.69) is 15.0 Å². The van der Waals surface area contributed by atoms with Gasteiger partial charge in [-0.05, 0) is 31.5 Å². The number of ether oxygens (including phenoxy) is 1. The summed E-state index contributed by atoms with van der Waals surface area (Å²) < 4.78 is 45.3. The van der Waals surface area contributed by atoms with Crippen LogP contribution >= 0.6 is 0 Å². The Morgan fingerprint density at radius 3 is 2.48 bits per heavy atom. The topological polar surface area (TPSA) is 73.9 Å². The number of aromatic nitrogens is 3. The normalized spacial score (nSPS) is 11.8. The predicted octanol–water partition coefficient (Wildman–Crippen LogP) is 3.92. The van der Waals surface area contributed by atoms with Gasteiger partial charge in [0.25, 0.3) is 0 Å². The van der Waals surface area contributed by atoms with Crippen molar-refractivity contribution in [2.24, 2.45) is 0 Å². The summed E-state index contributed by atoms with van der Waals surface area (Å²) in [6, 6.07) is 4.39. The van der Waals surface area contributed by atoms with Gasteiger partial charge in [-0.1, -0.05) is 6.07 Å². The van der Waals surface area contributed by atoms with E-state index >= 15 is 0 Å². The number of nitrogen functional groups attached to an aromatic ring is 1. The molecule has 0 spiro atoms. The number of alkyl halides is 3. The molecule has 1 aromatic carbocycles. The maximum Gasteiger partial charge on any atom is 0.433 e. The van der Waals surface area contributed by atoms with Gasteiger partial charge in [-0.15, -0.1) is 0 Å². The zero-order valence-electron chi connectivity index (χ0n) is 13.8. The number of benzene rings is 1. The minimum atomic E-state index is -4.62. The average molecular weight is 348 g/mol. The highest BCUT2D eigenvalue weighted by Gasteiger charge is 2.34. The van der Waals surface area contributed by atoms with Gasteiger partial charge in [0.05, 0.1) is 12.8 Å². The summed E-state index contributed by atoms with van der Waals surface area (Å²) in [6.45, 7) is 3.56. The fourth-order valence-corrected chi connectivity index (χ4v) is 2.82. The molecule has 0 saturated heterocycles. The number of methoxy groups -OCH3 is 1. The molecule has 130 valence electrons. The van der Waals surface area contributed by atoms with E-state index in [1.807, 2.05) is 0 Å². The van der Waals surface area contributed by atoms with Gasteiger partial charge in [0.1, 0.15) is 29.1 Å². The molecule has 0 radical (unpaired) electrons. The fraction of sp³-hybridized carbons (Fsp3) is 0.235. The van der Waals surface area contributed by atoms with E-state index < -0.39 is 11.9 Å². The van der Waals surface area contributed by atoms with E-state index in [0.717, 1.165) is 11.6 Å². The lowest BCUT2D eigenvalue weighted by atomic mass is 9.96. The summed E-state index contributed by atoms with van der Waals surface area (Å²) >= 11 is 0. The summed E-state index contributed by atoms with van der Waals surface area (Å²) in [4.78, 5) is 11.8. The number of pyridine rings is 1. The number of fused-ring (bicyclic) bond motifs is 1. The van der Waals surface area contributed by atoms with Crippen molar-refractivity contribution in [3.05, 3.63) is 41.3 Å². The lowest BCUT2D eigenvalue weighted by Gasteiger charge is -2.16. The second-order valence-corrected chi connectivity index (χ2v) is 5.59. The Morgan fingerprint density at radius 1 is 1.12 bits per heavy atom. The molecule has 8 heteroatoms. The molecule has 0 unspecified atom stereocenters. The molecule has 0 aliphatic heterocycles. The smallest absolute Gasteiger partial charge is 0.433 e. The van der Waals surface area contributed by atoms with Crippen LogP contribution in [-0.4, -0.2) is 22.1 Å². The first-order valence-electron chi connectivity index (χ1n) is 7.37. The van der Waals surface area contributed by atoms with Crippen LogP contribution in [0.25, 0.3) is 22.2 Å². The first kappa shape index (κ1) is 16.9. The molecule has 2 heterocycles. The van der Waals surface area contributed by atoms with Crippen molar-refractivity contribution in [3.8, 4) is 17.0 Å². The van der Waals surface area contributed by atoms with E-state index in [1.165, 1.54) is 13.4 Å². The van der Waals surface area contributed by atoms with Crippen LogP contribution < -0.4 is 10.5 Å². The molecular weight excluding hydrogens is 333 g/mol. The minimum absolute atomic E-state index is 0.0302. The van der Waals surface area contributed by atoms with Crippen LogP contribution in [0.1, 0.15) is 16.8 Å². The number of hydrogen-bond donors (Lipinski definition) is 1. The van der Waals surface area contributed by atoms with E-state index in [9.17, 15) is 13.2 Å². The largest absolute Gasteiger partial charge is 0.496 e. The van der Waals surface area contributed by atoms with Gasteiger partial charge in [-0.3, -0.25) is 0 Å². The van der Waals surface area contributed by atoms with E-state index in [-0.39, 0.29) is 22.4 Å². The minimum Gasteiger partial charge on any atom is -0.496 e. The monoisotopic (exact) mass is 348 g/mol. The zero-order valence-corrected chi connectivity index (χ0v) is 13.8. The molecule has 0 bridgehead atoms. The summed E-state index contributed by atoms with van der Waals surface area (Å²) in [5, 5.41) is 0.112. The maximum atomic E-state index is 13.3. The maximum absolute atomic E-state index is 13.3. The van der Waals surface area contributed by atoms with Crippen LogP contribution in [0.3, 0.4) is 0 Å². The first-order valence-corrected chi connectivity index (χ1v) is 7.37. The number of anilines is 1. The third-order valence-electron chi connectivity index (χ3n) is 4.02. The van der Waals surface area contributed by atoms with Crippen molar-refractivity contribution >= 4 is 16.7 Å². The van der Waals surface area contributed by atoms with Crippen LogP contribution in [0, 0.1) is 13.8 Å². The predicted molar refractivity (Wildman–Crippen MR) is 88.2 cm³/mol. The molecule has 0 aliphatic carbocycles. The summed E-state index contributed by atoms with van der Waals surface area (Å²) in [5.74, 6) is 0.521. The van der Waals surface area contributed by atoms with Crippen LogP contribution in [-0.2, 0) is 6.18 Å². The van der Waals surface area contributed by atoms with Crippen LogP contribution in [0.15, 0.2) is 24.5 Å².